The number of amides is 1. The number of halogens is 1. The van der Waals surface area contributed by atoms with Crippen LogP contribution >= 0.6 is 12.4 Å². The maximum absolute atomic E-state index is 12.5. The molecule has 1 saturated heterocycles. The second-order valence-electron chi connectivity index (χ2n) is 6.68. The molecule has 8 heteroatoms. The number of rotatable bonds is 5. The molecule has 26 heavy (non-hydrogen) atoms. The highest BCUT2D eigenvalue weighted by molar-refractivity contribution is 7.85. The van der Waals surface area contributed by atoms with Crippen molar-refractivity contribution in [2.45, 2.75) is 37.1 Å². The van der Waals surface area contributed by atoms with Gasteiger partial charge in [0.05, 0.1) is 10.8 Å². The van der Waals surface area contributed by atoms with Crippen molar-refractivity contribution in [3.8, 4) is 11.5 Å². The number of ether oxygens (including phenoxy) is 2. The zero-order chi connectivity index (χ0) is 17.8. The van der Waals surface area contributed by atoms with Gasteiger partial charge in [-0.3, -0.25) is 9.00 Å². The van der Waals surface area contributed by atoms with E-state index in [2.05, 4.69) is 0 Å². The van der Waals surface area contributed by atoms with E-state index in [1.807, 2.05) is 11.8 Å². The highest BCUT2D eigenvalue weighted by atomic mass is 35.5. The van der Waals surface area contributed by atoms with Crippen molar-refractivity contribution in [3.63, 3.8) is 0 Å². The smallest absolute Gasteiger partial charge is 0.223 e. The van der Waals surface area contributed by atoms with E-state index in [-0.39, 0.29) is 24.4 Å². The molecule has 2 heterocycles. The van der Waals surface area contributed by atoms with Crippen LogP contribution in [0.5, 0.6) is 11.5 Å². The Bertz CT molecular complexity index is 648. The topological polar surface area (TPSA) is 81.9 Å². The number of carbonyl (C=O) groups excluding carboxylic acids is 1. The summed E-state index contributed by atoms with van der Waals surface area (Å²) in [6, 6.07) is 5.49. The van der Waals surface area contributed by atoms with Gasteiger partial charge in [-0.1, -0.05) is 0 Å². The van der Waals surface area contributed by atoms with Crippen molar-refractivity contribution in [1.29, 1.82) is 0 Å². The quantitative estimate of drug-likeness (QED) is 0.814. The highest BCUT2D eigenvalue weighted by Gasteiger charge is 2.25. The molecule has 1 amide bonds. The maximum atomic E-state index is 12.5. The Morgan fingerprint density at radius 3 is 2.58 bits per heavy atom. The molecule has 2 N–H and O–H groups in total. The van der Waals surface area contributed by atoms with Gasteiger partial charge in [-0.15, -0.1) is 12.4 Å². The number of fused-ring (bicyclic) bond motifs is 1. The Morgan fingerprint density at radius 2 is 1.92 bits per heavy atom. The normalized spacial score (nSPS) is 19.4. The molecular weight excluding hydrogens is 376 g/mol. The molecule has 1 fully saturated rings. The van der Waals surface area contributed by atoms with Crippen molar-refractivity contribution in [1.82, 2.24) is 4.90 Å². The van der Waals surface area contributed by atoms with E-state index < -0.39 is 10.8 Å². The van der Waals surface area contributed by atoms with Gasteiger partial charge in [0, 0.05) is 42.3 Å². The molecule has 0 bridgehead atoms. The second kappa shape index (κ2) is 9.58. The summed E-state index contributed by atoms with van der Waals surface area (Å²) in [5.41, 5.74) is 5.94. The minimum absolute atomic E-state index is 0. The molecule has 0 spiro atoms. The van der Waals surface area contributed by atoms with Crippen molar-refractivity contribution in [2.75, 3.05) is 32.1 Å². The van der Waals surface area contributed by atoms with Gasteiger partial charge < -0.3 is 20.1 Å². The van der Waals surface area contributed by atoms with Gasteiger partial charge in [0.25, 0.3) is 0 Å². The van der Waals surface area contributed by atoms with Crippen molar-refractivity contribution < 1.29 is 18.5 Å². The third-order valence-electron chi connectivity index (χ3n) is 4.91. The number of nitrogens with two attached hydrogens (primary N) is 1. The zero-order valence-corrected chi connectivity index (χ0v) is 16.7. The number of hydrogen-bond acceptors (Lipinski definition) is 5. The van der Waals surface area contributed by atoms with Crippen molar-refractivity contribution in [3.05, 3.63) is 18.2 Å². The molecule has 0 radical (unpaired) electrons. The molecule has 6 nitrogen and oxygen atoms in total. The lowest BCUT2D eigenvalue weighted by molar-refractivity contribution is -0.132. The Hall–Kier alpha value is -1.31. The third-order valence-corrected chi connectivity index (χ3v) is 6.27. The Labute approximate surface area is 163 Å². The zero-order valence-electron chi connectivity index (χ0n) is 15.0. The van der Waals surface area contributed by atoms with E-state index in [1.54, 1.807) is 18.2 Å². The summed E-state index contributed by atoms with van der Waals surface area (Å²) in [7, 11) is -1.22. The van der Waals surface area contributed by atoms with Gasteiger partial charge in [0.15, 0.2) is 11.5 Å². The van der Waals surface area contributed by atoms with Gasteiger partial charge in [0.1, 0.15) is 13.2 Å². The van der Waals surface area contributed by atoms with Crippen LogP contribution in [0.3, 0.4) is 0 Å². The molecule has 0 saturated carbocycles. The van der Waals surface area contributed by atoms with E-state index in [9.17, 15) is 9.00 Å². The summed E-state index contributed by atoms with van der Waals surface area (Å²) < 4.78 is 23.5. The largest absolute Gasteiger partial charge is 0.486 e. The van der Waals surface area contributed by atoms with Gasteiger partial charge in [-0.2, -0.15) is 0 Å². The van der Waals surface area contributed by atoms with Crippen LogP contribution in [0.2, 0.25) is 0 Å². The molecule has 1 aromatic carbocycles. The highest BCUT2D eigenvalue weighted by Crippen LogP contribution is 2.32. The molecule has 0 aliphatic carbocycles. The first-order valence-corrected chi connectivity index (χ1v) is 10.2. The number of likely N-dealkylation sites (tertiary alicyclic amines) is 1. The maximum Gasteiger partial charge on any atom is 0.223 e. The van der Waals surface area contributed by atoms with Crippen LogP contribution in [0.1, 0.15) is 26.2 Å². The number of carbonyl (C=O) groups is 1. The molecule has 0 aromatic heterocycles. The van der Waals surface area contributed by atoms with Crippen molar-refractivity contribution >= 4 is 29.1 Å². The molecule has 2 aliphatic rings. The number of hydrogen-bond donors (Lipinski definition) is 1. The lowest BCUT2D eigenvalue weighted by atomic mass is 9.91. The van der Waals surface area contributed by atoms with Crippen LogP contribution in [-0.2, 0) is 15.6 Å². The predicted octanol–water partition coefficient (Wildman–Crippen LogP) is 1.96. The van der Waals surface area contributed by atoms with Crippen LogP contribution in [-0.4, -0.2) is 53.1 Å². The molecule has 2 aliphatic heterocycles. The third kappa shape index (κ3) is 5.11. The predicted molar refractivity (Wildman–Crippen MR) is 104 cm³/mol. The number of nitrogens with zero attached hydrogens (tertiary/aromatic N) is 1. The van der Waals surface area contributed by atoms with Gasteiger partial charge in [-0.25, -0.2) is 0 Å². The van der Waals surface area contributed by atoms with E-state index in [4.69, 9.17) is 15.2 Å². The van der Waals surface area contributed by atoms with Crippen LogP contribution in [0, 0.1) is 5.92 Å². The molecular formula is C18H27ClN2O4S. The summed E-state index contributed by atoms with van der Waals surface area (Å²) in [6.45, 7) is 4.56. The van der Waals surface area contributed by atoms with Gasteiger partial charge in [-0.05, 0) is 37.8 Å². The molecule has 146 valence electrons. The lowest BCUT2D eigenvalue weighted by Crippen LogP contribution is -2.42. The Morgan fingerprint density at radius 1 is 1.27 bits per heavy atom. The molecule has 2 unspecified atom stereocenters. The average Bonchev–Trinajstić information content (AvgIpc) is 2.65. The van der Waals surface area contributed by atoms with Gasteiger partial charge in [0.2, 0.25) is 5.91 Å². The van der Waals surface area contributed by atoms with E-state index in [0.717, 1.165) is 25.9 Å². The Kier molecular flexibility index (Phi) is 7.73. The van der Waals surface area contributed by atoms with E-state index in [0.29, 0.717) is 47.7 Å². The summed E-state index contributed by atoms with van der Waals surface area (Å²) in [5, 5.41) is 0. The SMILES string of the molecule is CC(N)C1CCN(C(=O)CCS(=O)c2ccc3c(c2)OCCO3)CC1.Cl. The summed E-state index contributed by atoms with van der Waals surface area (Å²) in [5.74, 6) is 2.21. The minimum Gasteiger partial charge on any atom is -0.486 e. The van der Waals surface area contributed by atoms with E-state index >= 15 is 0 Å². The second-order valence-corrected chi connectivity index (χ2v) is 8.25. The van der Waals surface area contributed by atoms with E-state index in [1.165, 1.54) is 0 Å². The van der Waals surface area contributed by atoms with Crippen LogP contribution in [0.4, 0.5) is 0 Å². The summed E-state index contributed by atoms with van der Waals surface area (Å²) in [6.07, 6.45) is 2.20. The average molecular weight is 403 g/mol. The van der Waals surface area contributed by atoms with Crippen LogP contribution in [0.15, 0.2) is 23.1 Å². The summed E-state index contributed by atoms with van der Waals surface area (Å²) in [4.78, 5) is 14.9. The van der Waals surface area contributed by atoms with Crippen LogP contribution in [0.25, 0.3) is 0 Å². The van der Waals surface area contributed by atoms with Gasteiger partial charge >= 0.3 is 0 Å². The first-order chi connectivity index (χ1) is 12.0. The Balaban J connectivity index is 0.00000243. The lowest BCUT2D eigenvalue weighted by Gasteiger charge is -2.33. The fourth-order valence-electron chi connectivity index (χ4n) is 3.30. The first-order valence-electron chi connectivity index (χ1n) is 8.86. The van der Waals surface area contributed by atoms with Crippen LogP contribution < -0.4 is 15.2 Å². The molecule has 2 atom stereocenters. The molecule has 3 rings (SSSR count). The number of benzene rings is 1. The summed E-state index contributed by atoms with van der Waals surface area (Å²) >= 11 is 0. The fraction of sp³-hybridized carbons (Fsp3) is 0.611. The first kappa shape index (κ1) is 21.0. The van der Waals surface area contributed by atoms with Crippen molar-refractivity contribution in [2.24, 2.45) is 11.7 Å². The molecule has 1 aromatic rings. The monoisotopic (exact) mass is 402 g/mol. The fourth-order valence-corrected chi connectivity index (χ4v) is 4.35. The number of piperidine rings is 1. The minimum atomic E-state index is -1.22. The standard InChI is InChI=1S/C18H26N2O4S.ClH/c1-13(19)14-4-7-20(8-5-14)18(21)6-11-25(22)15-2-3-16-17(12-15)24-10-9-23-16;/h2-3,12-14H,4-11,19H2,1H3;1H.